The molecule has 188 valence electrons. The molecule has 0 radical (unpaired) electrons. The second-order valence-corrected chi connectivity index (χ2v) is 9.44. The molecule has 2 aromatic carbocycles. The minimum absolute atomic E-state index is 0.0903. The molecule has 3 rings (SSSR count). The molecule has 35 heavy (non-hydrogen) atoms. The van der Waals surface area contributed by atoms with Crippen LogP contribution in [-0.2, 0) is 22.7 Å². The van der Waals surface area contributed by atoms with E-state index in [1.165, 1.54) is 12.1 Å². The molecule has 2 aromatic rings. The molecule has 1 aliphatic heterocycles. The van der Waals surface area contributed by atoms with Gasteiger partial charge in [0.2, 0.25) is 5.91 Å². The summed E-state index contributed by atoms with van der Waals surface area (Å²) in [5, 5.41) is 3.35. The zero-order valence-electron chi connectivity index (χ0n) is 20.4. The molecule has 1 aliphatic rings. The van der Waals surface area contributed by atoms with Crippen molar-refractivity contribution in [2.75, 3.05) is 40.3 Å². The minimum atomic E-state index is -0.263. The van der Waals surface area contributed by atoms with Crippen LogP contribution in [0.25, 0.3) is 0 Å². The number of ether oxygens (including phenoxy) is 1. The van der Waals surface area contributed by atoms with Crippen molar-refractivity contribution >= 4 is 23.4 Å². The topological polar surface area (TPSA) is 65.1 Å². The Bertz CT molecular complexity index is 1060. The van der Waals surface area contributed by atoms with E-state index in [4.69, 9.17) is 16.3 Å². The highest BCUT2D eigenvalue weighted by atomic mass is 35.5. The summed E-state index contributed by atoms with van der Waals surface area (Å²) >= 11 is 6.13. The third kappa shape index (κ3) is 7.78. The van der Waals surface area contributed by atoms with Crippen molar-refractivity contribution in [3.8, 4) is 5.75 Å². The maximum atomic E-state index is 13.2. The van der Waals surface area contributed by atoms with Gasteiger partial charge in [-0.2, -0.15) is 0 Å². The summed E-state index contributed by atoms with van der Waals surface area (Å²) in [6.07, 6.45) is 0. The maximum absolute atomic E-state index is 13.2. The van der Waals surface area contributed by atoms with Gasteiger partial charge in [-0.25, -0.2) is 4.39 Å². The standard InChI is InChI=1S/C26H32ClFN4O3/c1-18-14-32(19(2)13-31(18)15-20-5-8-23(28)9-6-20)26(34)17-35-24-10-7-22(27)11-21(24)12-29-25(33)16-30(3)4/h5-11,18H,2,12-17H2,1,3-4H3,(H,29,33)/t18-/m0/s1. The molecule has 1 atom stereocenters. The van der Waals surface area contributed by atoms with Crippen molar-refractivity contribution in [2.45, 2.75) is 26.1 Å². The van der Waals surface area contributed by atoms with Gasteiger partial charge in [-0.15, -0.1) is 0 Å². The van der Waals surface area contributed by atoms with Gasteiger partial charge in [0, 0.05) is 48.5 Å². The molecule has 0 aliphatic carbocycles. The van der Waals surface area contributed by atoms with Crippen LogP contribution >= 0.6 is 11.6 Å². The van der Waals surface area contributed by atoms with Crippen molar-refractivity contribution in [1.82, 2.24) is 20.0 Å². The molecule has 0 spiro atoms. The Morgan fingerprint density at radius 2 is 1.94 bits per heavy atom. The van der Waals surface area contributed by atoms with Gasteiger partial charge in [0.05, 0.1) is 6.54 Å². The van der Waals surface area contributed by atoms with Crippen LogP contribution in [-0.4, -0.2) is 72.9 Å². The van der Waals surface area contributed by atoms with E-state index < -0.39 is 0 Å². The number of benzene rings is 2. The molecule has 0 bridgehead atoms. The van der Waals surface area contributed by atoms with E-state index in [9.17, 15) is 14.0 Å². The second kappa shape index (κ2) is 12.2. The third-order valence-corrected chi connectivity index (χ3v) is 5.98. The van der Waals surface area contributed by atoms with Crippen molar-refractivity contribution in [3.05, 3.63) is 76.7 Å². The third-order valence-electron chi connectivity index (χ3n) is 5.75. The lowest BCUT2D eigenvalue weighted by Crippen LogP contribution is -2.52. The van der Waals surface area contributed by atoms with Gasteiger partial charge < -0.3 is 19.9 Å². The highest BCUT2D eigenvalue weighted by Crippen LogP contribution is 2.24. The lowest BCUT2D eigenvalue weighted by molar-refractivity contribution is -0.133. The van der Waals surface area contributed by atoms with E-state index in [0.717, 1.165) is 5.56 Å². The van der Waals surface area contributed by atoms with Crippen LogP contribution in [0.4, 0.5) is 4.39 Å². The molecule has 0 saturated carbocycles. The quantitative estimate of drug-likeness (QED) is 0.570. The number of likely N-dealkylation sites (N-methyl/N-ethyl adjacent to an activating group) is 1. The van der Waals surface area contributed by atoms with Crippen LogP contribution in [0.2, 0.25) is 5.02 Å². The number of carbonyl (C=O) groups excluding carboxylic acids is 2. The van der Waals surface area contributed by atoms with E-state index in [-0.39, 0.29) is 43.4 Å². The molecule has 1 N–H and O–H groups in total. The van der Waals surface area contributed by atoms with Gasteiger partial charge in [0.15, 0.2) is 6.61 Å². The first-order valence-electron chi connectivity index (χ1n) is 11.4. The normalized spacial score (nSPS) is 16.5. The Hall–Kier alpha value is -2.94. The number of amides is 2. The van der Waals surface area contributed by atoms with Crippen molar-refractivity contribution in [1.29, 1.82) is 0 Å². The summed E-state index contributed by atoms with van der Waals surface area (Å²) < 4.78 is 19.0. The molecular formula is C26H32ClFN4O3. The van der Waals surface area contributed by atoms with Crippen LogP contribution in [0.3, 0.4) is 0 Å². The number of hydrogen-bond acceptors (Lipinski definition) is 5. The number of piperazine rings is 1. The van der Waals surface area contributed by atoms with Gasteiger partial charge in [0.25, 0.3) is 5.91 Å². The average Bonchev–Trinajstić information content (AvgIpc) is 2.80. The van der Waals surface area contributed by atoms with Crippen LogP contribution in [0.1, 0.15) is 18.1 Å². The number of hydrogen-bond donors (Lipinski definition) is 1. The van der Waals surface area contributed by atoms with Crippen LogP contribution in [0.5, 0.6) is 5.75 Å². The summed E-state index contributed by atoms with van der Waals surface area (Å²) in [6, 6.07) is 11.6. The lowest BCUT2D eigenvalue weighted by atomic mass is 10.1. The molecular weight excluding hydrogens is 471 g/mol. The fourth-order valence-corrected chi connectivity index (χ4v) is 4.07. The molecule has 1 saturated heterocycles. The fourth-order valence-electron chi connectivity index (χ4n) is 3.88. The number of rotatable bonds is 9. The van der Waals surface area contributed by atoms with E-state index in [2.05, 4.69) is 16.8 Å². The van der Waals surface area contributed by atoms with Crippen LogP contribution in [0, 0.1) is 5.82 Å². The highest BCUT2D eigenvalue weighted by Gasteiger charge is 2.29. The van der Waals surface area contributed by atoms with Crippen molar-refractivity contribution in [2.24, 2.45) is 0 Å². The zero-order chi connectivity index (χ0) is 25.5. The molecule has 7 nitrogen and oxygen atoms in total. The molecule has 1 fully saturated rings. The van der Waals surface area contributed by atoms with Gasteiger partial charge in [-0.1, -0.05) is 30.3 Å². The highest BCUT2D eigenvalue weighted by molar-refractivity contribution is 6.30. The Balaban J connectivity index is 1.57. The minimum Gasteiger partial charge on any atom is -0.483 e. The number of nitrogens with one attached hydrogen (secondary N) is 1. The first-order chi connectivity index (χ1) is 16.6. The Morgan fingerprint density at radius 1 is 1.23 bits per heavy atom. The molecule has 0 aromatic heterocycles. The monoisotopic (exact) mass is 502 g/mol. The summed E-state index contributed by atoms with van der Waals surface area (Å²) in [5.41, 5.74) is 2.38. The Morgan fingerprint density at radius 3 is 2.63 bits per heavy atom. The lowest BCUT2D eigenvalue weighted by Gasteiger charge is -2.41. The maximum Gasteiger partial charge on any atom is 0.264 e. The van der Waals surface area contributed by atoms with Crippen LogP contribution in [0.15, 0.2) is 54.7 Å². The summed E-state index contributed by atoms with van der Waals surface area (Å²) in [4.78, 5) is 30.6. The predicted molar refractivity (Wildman–Crippen MR) is 134 cm³/mol. The van der Waals surface area contributed by atoms with Crippen LogP contribution < -0.4 is 10.1 Å². The van der Waals surface area contributed by atoms with E-state index in [0.29, 0.717) is 41.7 Å². The molecule has 1 heterocycles. The van der Waals surface area contributed by atoms with E-state index in [1.54, 1.807) is 40.1 Å². The van der Waals surface area contributed by atoms with Crippen molar-refractivity contribution in [3.63, 3.8) is 0 Å². The summed E-state index contributed by atoms with van der Waals surface area (Å²) in [7, 11) is 3.63. The van der Waals surface area contributed by atoms with Crippen molar-refractivity contribution < 1.29 is 18.7 Å². The van der Waals surface area contributed by atoms with E-state index in [1.807, 2.05) is 21.0 Å². The van der Waals surface area contributed by atoms with Gasteiger partial charge in [-0.3, -0.25) is 14.5 Å². The first-order valence-corrected chi connectivity index (χ1v) is 11.8. The van der Waals surface area contributed by atoms with Gasteiger partial charge in [-0.05, 0) is 56.9 Å². The predicted octanol–water partition coefficient (Wildman–Crippen LogP) is 3.28. The van der Waals surface area contributed by atoms with Gasteiger partial charge in [0.1, 0.15) is 11.6 Å². The summed E-state index contributed by atoms with van der Waals surface area (Å²) in [5.74, 6) is -0.0930. The SMILES string of the molecule is C=C1CN(Cc2ccc(F)cc2)[C@@H](C)CN1C(=O)COc1ccc(Cl)cc1CNC(=O)CN(C)C. The summed E-state index contributed by atoms with van der Waals surface area (Å²) in [6.45, 7) is 8.13. The fraction of sp³-hybridized carbons (Fsp3) is 0.385. The van der Waals surface area contributed by atoms with Gasteiger partial charge >= 0.3 is 0 Å². The molecule has 2 amide bonds. The van der Waals surface area contributed by atoms with E-state index >= 15 is 0 Å². The Labute approximate surface area is 211 Å². The average molecular weight is 503 g/mol. The second-order valence-electron chi connectivity index (χ2n) is 9.01. The smallest absolute Gasteiger partial charge is 0.264 e. The number of halogens is 2. The molecule has 9 heteroatoms. The first kappa shape index (κ1) is 26.7. The number of nitrogens with zero attached hydrogens (tertiary/aromatic N) is 3. The molecule has 0 unspecified atom stereocenters. The zero-order valence-corrected chi connectivity index (χ0v) is 21.1. The number of carbonyl (C=O) groups is 2. The largest absolute Gasteiger partial charge is 0.483 e. The Kier molecular flexibility index (Phi) is 9.26.